The van der Waals surface area contributed by atoms with Crippen molar-refractivity contribution in [1.82, 2.24) is 20.0 Å². The normalized spacial score (nSPS) is 21.9. The number of halogens is 3. The summed E-state index contributed by atoms with van der Waals surface area (Å²) in [6, 6.07) is 0.425. The number of anilines is 2. The zero-order valence-corrected chi connectivity index (χ0v) is 20.1. The van der Waals surface area contributed by atoms with Crippen LogP contribution in [0.15, 0.2) is 18.3 Å². The molecule has 2 unspecified atom stereocenters. The molecule has 3 amide bonds. The molecular weight excluding hydrogens is 481 g/mol. The number of carbonyl (C=O) groups is 2. The molecule has 0 saturated carbocycles. The third-order valence-electron chi connectivity index (χ3n) is 6.52. The highest BCUT2D eigenvalue weighted by Crippen LogP contribution is 2.34. The highest BCUT2D eigenvalue weighted by atomic mass is 19.2. The Bertz CT molecular complexity index is 1150. The van der Waals surface area contributed by atoms with Crippen molar-refractivity contribution in [2.45, 2.75) is 58.1 Å². The van der Waals surface area contributed by atoms with Crippen LogP contribution in [0, 0.1) is 23.4 Å². The number of nitrogens with zero attached hydrogens (tertiary/aromatic N) is 4. The zero-order chi connectivity index (χ0) is 26.4. The second kappa shape index (κ2) is 9.62. The van der Waals surface area contributed by atoms with Crippen molar-refractivity contribution < 1.29 is 33.0 Å². The van der Waals surface area contributed by atoms with Gasteiger partial charge in [-0.25, -0.2) is 18.0 Å². The molecule has 1 aromatic carbocycles. The molecule has 0 bridgehead atoms. The van der Waals surface area contributed by atoms with Crippen LogP contribution in [0.5, 0.6) is 0 Å². The minimum atomic E-state index is -1.62. The maximum atomic E-state index is 13.6. The Morgan fingerprint density at radius 2 is 1.86 bits per heavy atom. The number of benzene rings is 1. The standard InChI is InChI=1S/C23H29F3N6O4/c1-12-8-32-18(10-30(12)22(36)28-14-5-15(24)20(26)16(25)6-14)17(7-27-32)31-9-13(4-19(31)34)21(35)29-23(2,3)11-33/h5-7,12-13,19,33-34H,4,8-11H2,1-3H3,(H,28,36)(H,29,35)/t12-,13?,19?/m0/s1. The van der Waals surface area contributed by atoms with Crippen LogP contribution in [0.1, 0.15) is 32.9 Å². The molecule has 2 aliphatic heterocycles. The number of rotatable bonds is 5. The Morgan fingerprint density at radius 3 is 2.50 bits per heavy atom. The van der Waals surface area contributed by atoms with Crippen LogP contribution in [0.4, 0.5) is 29.3 Å². The van der Waals surface area contributed by atoms with Crippen LogP contribution in [0.2, 0.25) is 0 Å². The third kappa shape index (κ3) is 4.98. The monoisotopic (exact) mass is 510 g/mol. The summed E-state index contributed by atoms with van der Waals surface area (Å²) in [5, 5.41) is 29.7. The van der Waals surface area contributed by atoms with E-state index in [1.807, 2.05) is 0 Å². The first kappa shape index (κ1) is 25.8. The average molecular weight is 511 g/mol. The molecule has 10 nitrogen and oxygen atoms in total. The highest BCUT2D eigenvalue weighted by Gasteiger charge is 2.40. The van der Waals surface area contributed by atoms with Gasteiger partial charge in [0.2, 0.25) is 5.91 Å². The van der Waals surface area contributed by atoms with Crippen LogP contribution in [0.25, 0.3) is 0 Å². The van der Waals surface area contributed by atoms with Gasteiger partial charge in [0, 0.05) is 30.8 Å². The fraction of sp³-hybridized carbons (Fsp3) is 0.522. The number of aliphatic hydroxyl groups excluding tert-OH is 2. The maximum Gasteiger partial charge on any atom is 0.322 e. The van der Waals surface area contributed by atoms with Gasteiger partial charge in [-0.2, -0.15) is 5.10 Å². The highest BCUT2D eigenvalue weighted by molar-refractivity contribution is 5.89. The second-order valence-corrected chi connectivity index (χ2v) is 9.92. The van der Waals surface area contributed by atoms with E-state index in [4.69, 9.17) is 0 Å². The zero-order valence-electron chi connectivity index (χ0n) is 20.1. The van der Waals surface area contributed by atoms with Gasteiger partial charge < -0.3 is 30.6 Å². The van der Waals surface area contributed by atoms with E-state index >= 15 is 0 Å². The van der Waals surface area contributed by atoms with Crippen molar-refractivity contribution in [2.75, 3.05) is 23.4 Å². The van der Waals surface area contributed by atoms with Crippen molar-refractivity contribution in [3.8, 4) is 0 Å². The fourth-order valence-corrected chi connectivity index (χ4v) is 4.46. The first-order valence-electron chi connectivity index (χ1n) is 11.5. The number of aliphatic hydroxyl groups is 2. The molecule has 3 heterocycles. The quantitative estimate of drug-likeness (QED) is 0.455. The van der Waals surface area contributed by atoms with Gasteiger partial charge in [-0.15, -0.1) is 0 Å². The average Bonchev–Trinajstić information content (AvgIpc) is 3.39. The maximum absolute atomic E-state index is 13.6. The molecular formula is C23H29F3N6O4. The molecule has 0 aliphatic carbocycles. The largest absolute Gasteiger partial charge is 0.394 e. The molecule has 196 valence electrons. The molecule has 1 aromatic heterocycles. The van der Waals surface area contributed by atoms with Gasteiger partial charge >= 0.3 is 6.03 Å². The number of urea groups is 1. The van der Waals surface area contributed by atoms with Gasteiger partial charge in [-0.3, -0.25) is 9.48 Å². The number of hydrogen-bond acceptors (Lipinski definition) is 6. The SMILES string of the molecule is C[C@H]1Cn2ncc(N3CC(C(=O)NC(C)(C)CO)CC3O)c2CN1C(=O)Nc1cc(F)c(F)c(F)c1. The van der Waals surface area contributed by atoms with Crippen LogP contribution in [-0.4, -0.2) is 67.8 Å². The molecule has 2 aromatic rings. The van der Waals surface area contributed by atoms with E-state index in [0.717, 1.165) is 0 Å². The number of fused-ring (bicyclic) bond motifs is 1. The molecule has 0 radical (unpaired) electrons. The molecule has 3 atom stereocenters. The van der Waals surface area contributed by atoms with E-state index in [9.17, 15) is 33.0 Å². The van der Waals surface area contributed by atoms with E-state index in [1.54, 1.807) is 36.5 Å². The summed E-state index contributed by atoms with van der Waals surface area (Å²) in [7, 11) is 0. The van der Waals surface area contributed by atoms with E-state index in [0.29, 0.717) is 30.1 Å². The predicted octanol–water partition coefficient (Wildman–Crippen LogP) is 1.77. The molecule has 4 N–H and O–H groups in total. The van der Waals surface area contributed by atoms with Gasteiger partial charge in [0.1, 0.15) is 6.23 Å². The fourth-order valence-electron chi connectivity index (χ4n) is 4.46. The summed E-state index contributed by atoms with van der Waals surface area (Å²) in [5.74, 6) is -5.26. The van der Waals surface area contributed by atoms with Crippen molar-refractivity contribution in [3.05, 3.63) is 41.5 Å². The van der Waals surface area contributed by atoms with Crippen molar-refractivity contribution in [3.63, 3.8) is 0 Å². The van der Waals surface area contributed by atoms with Gasteiger partial charge in [-0.05, 0) is 20.8 Å². The molecule has 4 rings (SSSR count). The third-order valence-corrected chi connectivity index (χ3v) is 6.52. The molecule has 2 aliphatic rings. The van der Waals surface area contributed by atoms with E-state index in [-0.39, 0.29) is 43.8 Å². The Hall–Kier alpha value is -3.32. The Labute approximate surface area is 205 Å². The van der Waals surface area contributed by atoms with E-state index in [1.165, 1.54) is 4.90 Å². The minimum absolute atomic E-state index is 0.0755. The van der Waals surface area contributed by atoms with Crippen LogP contribution >= 0.6 is 0 Å². The number of carbonyl (C=O) groups excluding carboxylic acids is 2. The van der Waals surface area contributed by atoms with Crippen LogP contribution in [-0.2, 0) is 17.9 Å². The lowest BCUT2D eigenvalue weighted by atomic mass is 10.0. The van der Waals surface area contributed by atoms with Crippen LogP contribution < -0.4 is 15.5 Å². The summed E-state index contributed by atoms with van der Waals surface area (Å²) in [5.41, 5.74) is 0.156. The lowest BCUT2D eigenvalue weighted by molar-refractivity contribution is -0.126. The molecule has 36 heavy (non-hydrogen) atoms. The Balaban J connectivity index is 1.50. The van der Waals surface area contributed by atoms with Crippen molar-refractivity contribution in [1.29, 1.82) is 0 Å². The summed E-state index contributed by atoms with van der Waals surface area (Å²) >= 11 is 0. The number of hydrogen-bond donors (Lipinski definition) is 4. The topological polar surface area (TPSA) is 123 Å². The smallest absolute Gasteiger partial charge is 0.322 e. The van der Waals surface area contributed by atoms with Crippen molar-refractivity contribution in [2.24, 2.45) is 5.92 Å². The van der Waals surface area contributed by atoms with Crippen molar-refractivity contribution >= 4 is 23.3 Å². The predicted molar refractivity (Wildman–Crippen MR) is 123 cm³/mol. The number of amides is 3. The summed E-state index contributed by atoms with van der Waals surface area (Å²) < 4.78 is 42.1. The lowest BCUT2D eigenvalue weighted by Crippen LogP contribution is -2.49. The minimum Gasteiger partial charge on any atom is -0.394 e. The van der Waals surface area contributed by atoms with Gasteiger partial charge in [0.25, 0.3) is 0 Å². The summed E-state index contributed by atoms with van der Waals surface area (Å²) in [6.07, 6.45) is 0.786. The summed E-state index contributed by atoms with van der Waals surface area (Å²) in [6.45, 7) is 5.55. The molecule has 0 spiro atoms. The number of nitrogens with one attached hydrogen (secondary N) is 2. The van der Waals surface area contributed by atoms with Gasteiger partial charge in [0.15, 0.2) is 17.5 Å². The number of aromatic nitrogens is 2. The first-order valence-corrected chi connectivity index (χ1v) is 11.5. The molecule has 1 saturated heterocycles. The molecule has 1 fully saturated rings. The van der Waals surface area contributed by atoms with Gasteiger partial charge in [-0.1, -0.05) is 0 Å². The summed E-state index contributed by atoms with van der Waals surface area (Å²) in [4.78, 5) is 28.7. The van der Waals surface area contributed by atoms with Crippen LogP contribution in [0.3, 0.4) is 0 Å². The second-order valence-electron chi connectivity index (χ2n) is 9.92. The first-order chi connectivity index (χ1) is 16.9. The Morgan fingerprint density at radius 1 is 1.19 bits per heavy atom. The Kier molecular flexibility index (Phi) is 6.88. The van der Waals surface area contributed by atoms with Gasteiger partial charge in [0.05, 0.1) is 54.8 Å². The van der Waals surface area contributed by atoms with E-state index in [2.05, 4.69) is 15.7 Å². The van der Waals surface area contributed by atoms with E-state index < -0.39 is 41.2 Å². The molecule has 13 heteroatoms. The lowest BCUT2D eigenvalue weighted by Gasteiger charge is -2.35.